The van der Waals surface area contributed by atoms with E-state index < -0.39 is 5.69 Å². The molecule has 1 amide bonds. The van der Waals surface area contributed by atoms with Crippen molar-refractivity contribution in [3.05, 3.63) is 74.4 Å². The summed E-state index contributed by atoms with van der Waals surface area (Å²) in [5, 5.41) is 3.44. The molecular weight excluding hydrogens is 422 g/mol. The molecule has 8 nitrogen and oxygen atoms in total. The van der Waals surface area contributed by atoms with Crippen LogP contribution in [0.15, 0.2) is 52.1 Å². The zero-order valence-corrected chi connectivity index (χ0v) is 19.0. The normalized spacial score (nSPS) is 15.3. The van der Waals surface area contributed by atoms with Gasteiger partial charge in [0.15, 0.2) is 0 Å². The summed E-state index contributed by atoms with van der Waals surface area (Å²) in [6.45, 7) is 6.29. The van der Waals surface area contributed by atoms with Gasteiger partial charge in [-0.15, -0.1) is 0 Å². The van der Waals surface area contributed by atoms with Crippen molar-refractivity contribution in [1.29, 1.82) is 0 Å². The second-order valence-electron chi connectivity index (χ2n) is 8.27. The Kier molecular flexibility index (Phi) is 6.65. The van der Waals surface area contributed by atoms with Crippen molar-refractivity contribution in [3.8, 4) is 5.75 Å². The number of fused-ring (bicyclic) bond motifs is 1. The molecule has 2 aromatic carbocycles. The standard InChI is InChI=1S/C25H29N3O5/c1-3-28-23(30)20-10-5-17(15-21(20)27-24(28)31)22(29)26-16-25(11-13-32-14-12-25)18-6-8-19(9-7-18)33-4-2/h5-10,15H,3-4,11-14,16H2,1-2H3,(H,26,29)(H,27,31). The molecule has 0 bridgehead atoms. The first kappa shape index (κ1) is 22.8. The minimum Gasteiger partial charge on any atom is -0.494 e. The van der Waals surface area contributed by atoms with E-state index in [-0.39, 0.29) is 23.4 Å². The average Bonchev–Trinajstić information content (AvgIpc) is 2.83. The summed E-state index contributed by atoms with van der Waals surface area (Å²) < 4.78 is 12.3. The summed E-state index contributed by atoms with van der Waals surface area (Å²) in [5.41, 5.74) is 0.801. The maximum absolute atomic E-state index is 13.0. The van der Waals surface area contributed by atoms with Gasteiger partial charge in [-0.3, -0.25) is 14.2 Å². The third-order valence-corrected chi connectivity index (χ3v) is 6.38. The van der Waals surface area contributed by atoms with Gasteiger partial charge in [0, 0.05) is 37.3 Å². The van der Waals surface area contributed by atoms with Crippen LogP contribution in [0.1, 0.15) is 42.6 Å². The Morgan fingerprint density at radius 3 is 2.52 bits per heavy atom. The molecule has 1 aliphatic heterocycles. The molecule has 33 heavy (non-hydrogen) atoms. The van der Waals surface area contributed by atoms with Crippen LogP contribution in [0, 0.1) is 0 Å². The van der Waals surface area contributed by atoms with Crippen molar-refractivity contribution in [2.75, 3.05) is 26.4 Å². The highest BCUT2D eigenvalue weighted by molar-refractivity contribution is 5.97. The van der Waals surface area contributed by atoms with Crippen molar-refractivity contribution in [1.82, 2.24) is 14.9 Å². The molecule has 1 fully saturated rings. The topological polar surface area (TPSA) is 102 Å². The minimum absolute atomic E-state index is 0.237. The SMILES string of the molecule is CCOc1ccc(C2(CNC(=O)c3ccc4c(=O)n(CC)c(=O)[nH]c4c3)CCOCC2)cc1. The summed E-state index contributed by atoms with van der Waals surface area (Å²) >= 11 is 0. The summed E-state index contributed by atoms with van der Waals surface area (Å²) in [6.07, 6.45) is 1.59. The summed E-state index contributed by atoms with van der Waals surface area (Å²) in [6, 6.07) is 12.8. The maximum atomic E-state index is 13.0. The number of nitrogens with one attached hydrogen (secondary N) is 2. The lowest BCUT2D eigenvalue weighted by Gasteiger charge is -2.38. The summed E-state index contributed by atoms with van der Waals surface area (Å²) in [5.74, 6) is 0.564. The van der Waals surface area contributed by atoms with E-state index in [9.17, 15) is 14.4 Å². The Morgan fingerprint density at radius 2 is 1.85 bits per heavy atom. The predicted octanol–water partition coefficient (Wildman–Crippen LogP) is 2.59. The minimum atomic E-state index is -0.482. The average molecular weight is 452 g/mol. The molecule has 2 heterocycles. The van der Waals surface area contributed by atoms with Gasteiger partial charge in [0.05, 0.1) is 17.5 Å². The second-order valence-corrected chi connectivity index (χ2v) is 8.27. The molecule has 0 atom stereocenters. The van der Waals surface area contributed by atoms with Crippen LogP contribution in [0.3, 0.4) is 0 Å². The number of benzene rings is 2. The quantitative estimate of drug-likeness (QED) is 0.575. The number of ether oxygens (including phenoxy) is 2. The van der Waals surface area contributed by atoms with Gasteiger partial charge in [-0.25, -0.2) is 4.79 Å². The fraction of sp³-hybridized carbons (Fsp3) is 0.400. The number of amides is 1. The van der Waals surface area contributed by atoms with Crippen LogP contribution < -0.4 is 21.3 Å². The highest BCUT2D eigenvalue weighted by Gasteiger charge is 2.35. The van der Waals surface area contributed by atoms with Gasteiger partial charge in [-0.2, -0.15) is 0 Å². The lowest BCUT2D eigenvalue weighted by atomic mass is 9.74. The molecule has 0 aliphatic carbocycles. The molecule has 1 aliphatic rings. The van der Waals surface area contributed by atoms with Gasteiger partial charge in [0.1, 0.15) is 5.75 Å². The molecule has 8 heteroatoms. The Hall–Kier alpha value is -3.39. The van der Waals surface area contributed by atoms with Crippen LogP contribution in [0.2, 0.25) is 0 Å². The number of aromatic amines is 1. The lowest BCUT2D eigenvalue weighted by Crippen LogP contribution is -2.44. The van der Waals surface area contributed by atoms with Crippen LogP contribution >= 0.6 is 0 Å². The Morgan fingerprint density at radius 1 is 1.12 bits per heavy atom. The van der Waals surface area contributed by atoms with E-state index in [0.717, 1.165) is 28.7 Å². The summed E-state index contributed by atoms with van der Waals surface area (Å²) in [4.78, 5) is 40.3. The van der Waals surface area contributed by atoms with Crippen molar-refractivity contribution < 1.29 is 14.3 Å². The van der Waals surface area contributed by atoms with Crippen LogP contribution in [0.25, 0.3) is 10.9 Å². The molecule has 1 aromatic heterocycles. The van der Waals surface area contributed by atoms with Crippen molar-refractivity contribution >= 4 is 16.8 Å². The van der Waals surface area contributed by atoms with Gasteiger partial charge < -0.3 is 19.8 Å². The van der Waals surface area contributed by atoms with Crippen molar-refractivity contribution in [3.63, 3.8) is 0 Å². The predicted molar refractivity (Wildman–Crippen MR) is 126 cm³/mol. The van der Waals surface area contributed by atoms with Crippen LogP contribution in [0.4, 0.5) is 0 Å². The molecule has 1 saturated heterocycles. The molecular formula is C25H29N3O5. The summed E-state index contributed by atoms with van der Waals surface area (Å²) in [7, 11) is 0. The van der Waals surface area contributed by atoms with Crippen LogP contribution in [0.5, 0.6) is 5.75 Å². The van der Waals surface area contributed by atoms with E-state index in [2.05, 4.69) is 22.4 Å². The Labute approximate surface area is 191 Å². The maximum Gasteiger partial charge on any atom is 0.328 e. The van der Waals surface area contributed by atoms with E-state index in [1.54, 1.807) is 25.1 Å². The molecule has 3 aromatic rings. The number of nitrogens with zero attached hydrogens (tertiary/aromatic N) is 1. The smallest absolute Gasteiger partial charge is 0.328 e. The first-order chi connectivity index (χ1) is 16.0. The Bertz CT molecular complexity index is 1250. The molecule has 0 saturated carbocycles. The fourth-order valence-electron chi connectivity index (χ4n) is 4.44. The number of aromatic nitrogens is 2. The molecule has 174 valence electrons. The molecule has 0 radical (unpaired) electrons. The van der Waals surface area contributed by atoms with Crippen molar-refractivity contribution in [2.45, 2.75) is 38.6 Å². The van der Waals surface area contributed by atoms with E-state index in [0.29, 0.717) is 42.8 Å². The zero-order valence-electron chi connectivity index (χ0n) is 19.0. The van der Waals surface area contributed by atoms with Crippen LogP contribution in [-0.4, -0.2) is 41.8 Å². The highest BCUT2D eigenvalue weighted by Crippen LogP contribution is 2.35. The number of hydrogen-bond donors (Lipinski definition) is 2. The number of hydrogen-bond acceptors (Lipinski definition) is 5. The molecule has 0 unspecified atom stereocenters. The Balaban J connectivity index is 1.57. The first-order valence-electron chi connectivity index (χ1n) is 11.3. The number of H-pyrrole nitrogens is 1. The third-order valence-electron chi connectivity index (χ3n) is 6.38. The van der Waals surface area contributed by atoms with Gasteiger partial charge in [0.2, 0.25) is 0 Å². The van der Waals surface area contributed by atoms with E-state index in [4.69, 9.17) is 9.47 Å². The fourth-order valence-corrected chi connectivity index (χ4v) is 4.44. The first-order valence-corrected chi connectivity index (χ1v) is 11.3. The van der Waals surface area contributed by atoms with Gasteiger partial charge >= 0.3 is 5.69 Å². The largest absolute Gasteiger partial charge is 0.494 e. The van der Waals surface area contributed by atoms with Crippen LogP contribution in [-0.2, 0) is 16.7 Å². The van der Waals surface area contributed by atoms with Gasteiger partial charge in [-0.1, -0.05) is 12.1 Å². The lowest BCUT2D eigenvalue weighted by molar-refractivity contribution is 0.0487. The number of carbonyl (C=O) groups excluding carboxylic acids is 1. The van der Waals surface area contributed by atoms with E-state index >= 15 is 0 Å². The second kappa shape index (κ2) is 9.62. The molecule has 4 rings (SSSR count). The van der Waals surface area contributed by atoms with Gasteiger partial charge in [0.25, 0.3) is 11.5 Å². The van der Waals surface area contributed by atoms with Gasteiger partial charge in [-0.05, 0) is 62.6 Å². The van der Waals surface area contributed by atoms with Crippen molar-refractivity contribution in [2.24, 2.45) is 0 Å². The third kappa shape index (κ3) is 4.57. The monoisotopic (exact) mass is 451 g/mol. The zero-order chi connectivity index (χ0) is 23.4. The van der Waals surface area contributed by atoms with E-state index in [1.807, 2.05) is 19.1 Å². The molecule has 0 spiro atoms. The highest BCUT2D eigenvalue weighted by atomic mass is 16.5. The van der Waals surface area contributed by atoms with E-state index in [1.165, 1.54) is 0 Å². The number of carbonyl (C=O) groups is 1. The number of rotatable bonds is 7. The molecule has 2 N–H and O–H groups in total.